The quantitative estimate of drug-likeness (QED) is 0.640. The van der Waals surface area contributed by atoms with Crippen LogP contribution in [0.3, 0.4) is 0 Å². The second-order valence-corrected chi connectivity index (χ2v) is 6.22. The lowest BCUT2D eigenvalue weighted by atomic mass is 10.1. The molecular formula is C21H22N4O3. The van der Waals surface area contributed by atoms with Crippen LogP contribution in [0.5, 0.6) is 0 Å². The van der Waals surface area contributed by atoms with Gasteiger partial charge in [-0.15, -0.1) is 0 Å². The van der Waals surface area contributed by atoms with Crippen LogP contribution < -0.4 is 5.32 Å². The molecule has 0 spiro atoms. The number of rotatable bonds is 7. The number of nitrogens with one attached hydrogen (secondary N) is 1. The number of imidazole rings is 1. The van der Waals surface area contributed by atoms with Crippen molar-refractivity contribution in [1.82, 2.24) is 19.9 Å². The molecule has 28 heavy (non-hydrogen) atoms. The van der Waals surface area contributed by atoms with Gasteiger partial charge in [0.25, 0.3) is 11.8 Å². The van der Waals surface area contributed by atoms with Crippen LogP contribution in [0.15, 0.2) is 73.2 Å². The van der Waals surface area contributed by atoms with Crippen LogP contribution in [-0.4, -0.2) is 46.6 Å². The van der Waals surface area contributed by atoms with Crippen molar-refractivity contribution >= 4 is 11.8 Å². The molecule has 2 aromatic carbocycles. The summed E-state index contributed by atoms with van der Waals surface area (Å²) in [6, 6.07) is 18.1. The maximum Gasteiger partial charge on any atom is 0.270 e. The summed E-state index contributed by atoms with van der Waals surface area (Å²) in [7, 11) is 2.92. The van der Waals surface area contributed by atoms with Gasteiger partial charge >= 0.3 is 0 Å². The Morgan fingerprint density at radius 2 is 1.75 bits per heavy atom. The average molecular weight is 378 g/mol. The first-order valence-electron chi connectivity index (χ1n) is 8.84. The molecule has 7 nitrogen and oxygen atoms in total. The highest BCUT2D eigenvalue weighted by Crippen LogP contribution is 2.12. The van der Waals surface area contributed by atoms with Crippen LogP contribution in [0, 0.1) is 0 Å². The molecule has 1 atom stereocenters. The number of carbonyl (C=O) groups excluding carboxylic acids is 2. The number of para-hydroxylation sites is 1. The van der Waals surface area contributed by atoms with Crippen molar-refractivity contribution in [3.63, 3.8) is 0 Å². The Morgan fingerprint density at radius 1 is 1.11 bits per heavy atom. The van der Waals surface area contributed by atoms with Gasteiger partial charge in [-0.05, 0) is 17.7 Å². The first-order valence-corrected chi connectivity index (χ1v) is 8.84. The normalized spacial score (nSPS) is 11.6. The first kappa shape index (κ1) is 19.3. The Kier molecular flexibility index (Phi) is 6.18. The first-order chi connectivity index (χ1) is 13.6. The van der Waals surface area contributed by atoms with Gasteiger partial charge < -0.3 is 5.32 Å². The summed E-state index contributed by atoms with van der Waals surface area (Å²) >= 11 is 0. The van der Waals surface area contributed by atoms with E-state index in [-0.39, 0.29) is 11.8 Å². The molecule has 0 radical (unpaired) electrons. The van der Waals surface area contributed by atoms with Crippen LogP contribution >= 0.6 is 0 Å². The molecule has 0 aliphatic rings. The van der Waals surface area contributed by atoms with Crippen molar-refractivity contribution in [2.75, 3.05) is 14.2 Å². The van der Waals surface area contributed by atoms with Gasteiger partial charge in [-0.1, -0.05) is 48.5 Å². The van der Waals surface area contributed by atoms with E-state index in [9.17, 15) is 9.59 Å². The molecule has 3 aromatic rings. The molecule has 1 N–H and O–H groups in total. The van der Waals surface area contributed by atoms with Gasteiger partial charge in [-0.3, -0.25) is 19.0 Å². The molecule has 7 heteroatoms. The average Bonchev–Trinajstić information content (AvgIpc) is 3.23. The van der Waals surface area contributed by atoms with E-state index in [0.29, 0.717) is 12.1 Å². The second-order valence-electron chi connectivity index (χ2n) is 6.22. The third-order valence-electron chi connectivity index (χ3n) is 4.38. The maximum atomic E-state index is 12.9. The van der Waals surface area contributed by atoms with E-state index in [1.807, 2.05) is 60.7 Å². The number of hydroxylamine groups is 2. The van der Waals surface area contributed by atoms with Gasteiger partial charge in [-0.25, -0.2) is 10.0 Å². The highest BCUT2D eigenvalue weighted by molar-refractivity contribution is 5.96. The standard InChI is InChI=1S/C21H22N4O3/c1-24(28-2)21(27)18(13-16-9-5-3-6-10-16)23-20(26)19-14-22-15-25(19)17-11-7-4-8-12-17/h3-12,14-15,18H,13H2,1-2H3,(H,23,26)/t18-/m0/s1. The number of hydrogen-bond donors (Lipinski definition) is 1. The number of benzene rings is 2. The van der Waals surface area contributed by atoms with Gasteiger partial charge in [0.15, 0.2) is 0 Å². The predicted molar refractivity (Wildman–Crippen MR) is 105 cm³/mol. The molecule has 1 aromatic heterocycles. The molecule has 144 valence electrons. The number of carbonyl (C=O) groups is 2. The van der Waals surface area contributed by atoms with Crippen molar-refractivity contribution in [3.8, 4) is 5.69 Å². The summed E-state index contributed by atoms with van der Waals surface area (Å²) in [5.74, 6) is -0.731. The summed E-state index contributed by atoms with van der Waals surface area (Å²) in [6.45, 7) is 0. The van der Waals surface area contributed by atoms with E-state index in [1.54, 1.807) is 10.9 Å². The van der Waals surface area contributed by atoms with Gasteiger partial charge in [-0.2, -0.15) is 0 Å². The number of hydrogen-bond acceptors (Lipinski definition) is 4. The lowest BCUT2D eigenvalue weighted by Crippen LogP contribution is -2.48. The third kappa shape index (κ3) is 4.44. The minimum Gasteiger partial charge on any atom is -0.338 e. The molecule has 0 aliphatic heterocycles. The van der Waals surface area contributed by atoms with Gasteiger partial charge in [0.2, 0.25) is 0 Å². The lowest BCUT2D eigenvalue weighted by Gasteiger charge is -2.23. The van der Waals surface area contributed by atoms with E-state index < -0.39 is 6.04 Å². The maximum absolute atomic E-state index is 12.9. The molecule has 0 saturated heterocycles. The number of aromatic nitrogens is 2. The lowest BCUT2D eigenvalue weighted by molar-refractivity contribution is -0.170. The minimum absolute atomic E-state index is 0.342. The van der Waals surface area contributed by atoms with Crippen LogP contribution in [0.25, 0.3) is 5.69 Å². The zero-order valence-corrected chi connectivity index (χ0v) is 15.8. The molecule has 0 fully saturated rings. The number of nitrogens with zero attached hydrogens (tertiary/aromatic N) is 3. The molecule has 0 aliphatic carbocycles. The van der Waals surface area contributed by atoms with Crippen molar-refractivity contribution in [2.24, 2.45) is 0 Å². The fourth-order valence-electron chi connectivity index (χ4n) is 2.85. The van der Waals surface area contributed by atoms with E-state index in [2.05, 4.69) is 10.3 Å². The predicted octanol–water partition coefficient (Wildman–Crippen LogP) is 2.23. The molecular weight excluding hydrogens is 356 g/mol. The number of likely N-dealkylation sites (N-methyl/N-ethyl adjacent to an activating group) is 1. The molecule has 3 rings (SSSR count). The van der Waals surface area contributed by atoms with Crippen molar-refractivity contribution in [1.29, 1.82) is 0 Å². The van der Waals surface area contributed by atoms with Crippen molar-refractivity contribution < 1.29 is 14.4 Å². The largest absolute Gasteiger partial charge is 0.338 e. The fourth-order valence-corrected chi connectivity index (χ4v) is 2.85. The molecule has 2 amide bonds. The fraction of sp³-hybridized carbons (Fsp3) is 0.190. The summed E-state index contributed by atoms with van der Waals surface area (Å²) in [5, 5.41) is 3.94. The van der Waals surface area contributed by atoms with Crippen molar-refractivity contribution in [3.05, 3.63) is 84.4 Å². The van der Waals surface area contributed by atoms with Gasteiger partial charge in [0.05, 0.1) is 19.6 Å². The molecule has 0 bridgehead atoms. The highest BCUT2D eigenvalue weighted by atomic mass is 16.7. The topological polar surface area (TPSA) is 76.5 Å². The molecule has 0 unspecified atom stereocenters. The summed E-state index contributed by atoms with van der Waals surface area (Å²) < 4.78 is 1.68. The highest BCUT2D eigenvalue weighted by Gasteiger charge is 2.26. The Balaban J connectivity index is 1.84. The second kappa shape index (κ2) is 8.96. The van der Waals surface area contributed by atoms with Crippen LogP contribution in [0.4, 0.5) is 0 Å². The zero-order chi connectivity index (χ0) is 19.9. The van der Waals surface area contributed by atoms with E-state index in [0.717, 1.165) is 16.3 Å². The Hall–Kier alpha value is -3.45. The molecule has 0 saturated carbocycles. The Labute approximate surface area is 163 Å². The van der Waals surface area contributed by atoms with Crippen LogP contribution in [0.2, 0.25) is 0 Å². The van der Waals surface area contributed by atoms with E-state index >= 15 is 0 Å². The van der Waals surface area contributed by atoms with Gasteiger partial charge in [0, 0.05) is 19.2 Å². The monoisotopic (exact) mass is 378 g/mol. The SMILES string of the molecule is CON(C)C(=O)[C@H](Cc1ccccc1)NC(=O)c1cncn1-c1ccccc1. The van der Waals surface area contributed by atoms with Crippen LogP contribution in [-0.2, 0) is 16.1 Å². The zero-order valence-electron chi connectivity index (χ0n) is 15.8. The summed E-state index contributed by atoms with van der Waals surface area (Å²) in [6.07, 6.45) is 3.39. The third-order valence-corrected chi connectivity index (χ3v) is 4.38. The number of amides is 2. The minimum atomic E-state index is -0.779. The summed E-state index contributed by atoms with van der Waals surface area (Å²) in [5.41, 5.74) is 2.09. The smallest absolute Gasteiger partial charge is 0.270 e. The Bertz CT molecular complexity index is 925. The summed E-state index contributed by atoms with van der Waals surface area (Å²) in [4.78, 5) is 34.7. The van der Waals surface area contributed by atoms with Crippen molar-refractivity contribution in [2.45, 2.75) is 12.5 Å². The van der Waals surface area contributed by atoms with Crippen LogP contribution in [0.1, 0.15) is 16.1 Å². The van der Waals surface area contributed by atoms with Gasteiger partial charge in [0.1, 0.15) is 11.7 Å². The van der Waals surface area contributed by atoms with E-state index in [1.165, 1.54) is 20.4 Å². The van der Waals surface area contributed by atoms with E-state index in [4.69, 9.17) is 4.84 Å². The molecule has 1 heterocycles. The Morgan fingerprint density at radius 3 is 2.39 bits per heavy atom.